The molecule has 1 saturated heterocycles. The number of anilines is 1. The number of amides is 1. The first-order valence-electron chi connectivity index (χ1n) is 13.7. The predicted octanol–water partition coefficient (Wildman–Crippen LogP) is 4.83. The summed E-state index contributed by atoms with van der Waals surface area (Å²) in [4.78, 5) is 19.8. The van der Waals surface area contributed by atoms with Gasteiger partial charge in [-0.1, -0.05) is 38.6 Å². The number of benzene rings is 2. The van der Waals surface area contributed by atoms with Gasteiger partial charge >= 0.3 is 0 Å². The van der Waals surface area contributed by atoms with Crippen LogP contribution in [0.25, 0.3) is 23.4 Å². The number of halogens is 1. The van der Waals surface area contributed by atoms with Gasteiger partial charge in [0.05, 0.1) is 36.2 Å². The molecule has 2 aromatic carbocycles. The fraction of sp³-hybridized carbons (Fsp3) is 0.303. The second-order valence-corrected chi connectivity index (χ2v) is 9.59. The Kier molecular flexibility index (Phi) is 9.47. The molecule has 3 aromatic rings. The maximum absolute atomic E-state index is 14.4. The van der Waals surface area contributed by atoms with E-state index in [4.69, 9.17) is 9.72 Å². The summed E-state index contributed by atoms with van der Waals surface area (Å²) in [7, 11) is 0. The van der Waals surface area contributed by atoms with Crippen LogP contribution in [-0.4, -0.2) is 37.1 Å². The second kappa shape index (κ2) is 13.2. The molecular weight excluding hydrogens is 503 g/mol. The number of fused-ring (bicyclic) bond motifs is 1. The molecule has 0 saturated carbocycles. The summed E-state index contributed by atoms with van der Waals surface area (Å²) >= 11 is 0. The van der Waals surface area contributed by atoms with Crippen LogP contribution >= 0.6 is 0 Å². The molecule has 1 unspecified atom stereocenters. The smallest absolute Gasteiger partial charge is 0.251 e. The van der Waals surface area contributed by atoms with Crippen molar-refractivity contribution in [1.82, 2.24) is 10.3 Å². The van der Waals surface area contributed by atoms with Gasteiger partial charge in [0, 0.05) is 36.4 Å². The van der Waals surface area contributed by atoms with Crippen molar-refractivity contribution in [2.24, 2.45) is 0 Å². The first-order valence-corrected chi connectivity index (χ1v) is 13.7. The standard InChI is InChI=1S/C31H29FN4O2.C2H6/c1-3-21-7-8-29(24-12-26(32)15-27(13-24)36-9-4-10-36)35-30(21)11-20(2)17-34-31(37)22-5-6-23-18-38-19-25(16-33)28(23)14-22;1-2/h3,5-8,11-15,25H,2,4,9-10,17-19H2,1H3,(H,34,37);1-2H3/b21-3-,30-11+;. The topological polar surface area (TPSA) is 78.3 Å². The molecule has 3 heterocycles. The van der Waals surface area contributed by atoms with Gasteiger partial charge in [-0.05, 0) is 77.7 Å². The van der Waals surface area contributed by atoms with Crippen molar-refractivity contribution in [3.05, 3.63) is 93.8 Å². The van der Waals surface area contributed by atoms with Crippen LogP contribution in [0, 0.1) is 17.1 Å². The highest BCUT2D eigenvalue weighted by molar-refractivity contribution is 5.94. The van der Waals surface area contributed by atoms with E-state index in [1.165, 1.54) is 6.07 Å². The minimum atomic E-state index is -0.378. The highest BCUT2D eigenvalue weighted by Gasteiger charge is 2.22. The molecule has 1 N–H and O–H groups in total. The fourth-order valence-corrected chi connectivity index (χ4v) is 4.70. The lowest BCUT2D eigenvalue weighted by molar-refractivity contribution is 0.0952. The van der Waals surface area contributed by atoms with Crippen LogP contribution < -0.4 is 20.8 Å². The van der Waals surface area contributed by atoms with E-state index in [1.807, 2.05) is 57.2 Å². The minimum Gasteiger partial charge on any atom is -0.375 e. The number of hydrogen-bond acceptors (Lipinski definition) is 5. The number of nitriles is 1. The third kappa shape index (κ3) is 6.47. The molecule has 206 valence electrons. The molecule has 2 aliphatic heterocycles. The van der Waals surface area contributed by atoms with Crippen LogP contribution in [0.5, 0.6) is 0 Å². The zero-order valence-corrected chi connectivity index (χ0v) is 23.3. The third-order valence-electron chi connectivity index (χ3n) is 6.97. The Labute approximate surface area is 235 Å². The first-order chi connectivity index (χ1) is 19.4. The number of pyridine rings is 1. The molecule has 6 nitrogen and oxygen atoms in total. The Morgan fingerprint density at radius 3 is 2.73 bits per heavy atom. The quantitative estimate of drug-likeness (QED) is 0.487. The fourth-order valence-electron chi connectivity index (χ4n) is 4.70. The van der Waals surface area contributed by atoms with Crippen LogP contribution in [0.15, 0.2) is 60.7 Å². The number of aromatic nitrogens is 1. The Morgan fingerprint density at radius 2 is 2.02 bits per heavy atom. The van der Waals surface area contributed by atoms with Gasteiger partial charge < -0.3 is 15.0 Å². The molecule has 2 aliphatic rings. The molecule has 1 atom stereocenters. The normalized spacial score (nSPS) is 16.7. The molecule has 7 heteroatoms. The minimum absolute atomic E-state index is 0.231. The van der Waals surface area contributed by atoms with Crippen LogP contribution in [0.4, 0.5) is 10.1 Å². The largest absolute Gasteiger partial charge is 0.375 e. The average Bonchev–Trinajstić information content (AvgIpc) is 2.95. The lowest BCUT2D eigenvalue weighted by Gasteiger charge is -2.33. The molecule has 1 fully saturated rings. The summed E-state index contributed by atoms with van der Waals surface area (Å²) in [6, 6.07) is 16.5. The van der Waals surface area contributed by atoms with Crippen molar-refractivity contribution in [3.8, 4) is 17.3 Å². The Morgan fingerprint density at radius 1 is 1.23 bits per heavy atom. The van der Waals surface area contributed by atoms with Gasteiger partial charge in [0.15, 0.2) is 0 Å². The Balaban J connectivity index is 0.00000181. The average molecular weight is 539 g/mol. The summed E-state index contributed by atoms with van der Waals surface area (Å²) < 4.78 is 19.8. The van der Waals surface area contributed by atoms with Crippen LogP contribution in [-0.2, 0) is 11.3 Å². The monoisotopic (exact) mass is 538 g/mol. The maximum Gasteiger partial charge on any atom is 0.251 e. The number of carbonyl (C=O) groups excluding carboxylic acids is 1. The van der Waals surface area contributed by atoms with E-state index in [9.17, 15) is 14.4 Å². The van der Waals surface area contributed by atoms with Gasteiger partial charge in [0.1, 0.15) is 5.82 Å². The molecule has 0 spiro atoms. The van der Waals surface area contributed by atoms with Crippen LogP contribution in [0.3, 0.4) is 0 Å². The van der Waals surface area contributed by atoms with Gasteiger partial charge in [-0.2, -0.15) is 5.26 Å². The van der Waals surface area contributed by atoms with E-state index in [-0.39, 0.29) is 24.2 Å². The summed E-state index contributed by atoms with van der Waals surface area (Å²) in [5, 5.41) is 13.9. The van der Waals surface area contributed by atoms with E-state index in [2.05, 4.69) is 22.9 Å². The van der Waals surface area contributed by atoms with E-state index in [1.54, 1.807) is 18.2 Å². The molecule has 0 radical (unpaired) electrons. The molecule has 1 aromatic heterocycles. The third-order valence-corrected chi connectivity index (χ3v) is 6.97. The zero-order valence-electron chi connectivity index (χ0n) is 23.3. The summed E-state index contributed by atoms with van der Waals surface area (Å²) in [6.07, 6.45) is 4.91. The highest BCUT2D eigenvalue weighted by atomic mass is 19.1. The number of rotatable bonds is 6. The van der Waals surface area contributed by atoms with E-state index >= 15 is 0 Å². The Hall–Kier alpha value is -4.28. The van der Waals surface area contributed by atoms with Crippen molar-refractivity contribution < 1.29 is 13.9 Å². The van der Waals surface area contributed by atoms with E-state index < -0.39 is 0 Å². The van der Waals surface area contributed by atoms with Gasteiger partial charge in [-0.3, -0.25) is 4.79 Å². The number of hydrogen-bond donors (Lipinski definition) is 1. The lowest BCUT2D eigenvalue weighted by atomic mass is 9.92. The van der Waals surface area contributed by atoms with E-state index in [0.717, 1.165) is 47.1 Å². The number of nitrogens with one attached hydrogen (secondary N) is 1. The van der Waals surface area contributed by atoms with Gasteiger partial charge in [-0.15, -0.1) is 0 Å². The number of carbonyl (C=O) groups is 1. The lowest BCUT2D eigenvalue weighted by Crippen LogP contribution is -2.37. The van der Waals surface area contributed by atoms with Crippen LogP contribution in [0.2, 0.25) is 0 Å². The maximum atomic E-state index is 14.4. The molecule has 5 rings (SSSR count). The van der Waals surface area contributed by atoms with Crippen molar-refractivity contribution in [3.63, 3.8) is 0 Å². The molecule has 0 bridgehead atoms. The summed E-state index contributed by atoms with van der Waals surface area (Å²) in [5.41, 5.74) is 5.20. The molecule has 0 aliphatic carbocycles. The van der Waals surface area contributed by atoms with Gasteiger partial charge in [0.25, 0.3) is 5.91 Å². The highest BCUT2D eigenvalue weighted by Crippen LogP contribution is 2.28. The zero-order chi connectivity index (χ0) is 28.6. The van der Waals surface area contributed by atoms with E-state index in [0.29, 0.717) is 35.4 Å². The molecule has 1 amide bonds. The SMILES string of the molecule is C=C(/C=c1/nc(-c2cc(F)cc(N3CCC3)c2)cc/c1=C/C)CNC(=O)c1ccc2c(c1)C(C#N)COC2.CC. The number of nitrogens with zero attached hydrogens (tertiary/aromatic N) is 3. The second-order valence-electron chi connectivity index (χ2n) is 9.59. The van der Waals surface area contributed by atoms with Crippen molar-refractivity contribution in [2.75, 3.05) is 31.1 Å². The molecule has 40 heavy (non-hydrogen) atoms. The number of ether oxygens (including phenoxy) is 1. The first kappa shape index (κ1) is 28.7. The van der Waals surface area contributed by atoms with Crippen molar-refractivity contribution >= 4 is 23.7 Å². The molecular formula is C33H35FN4O2. The van der Waals surface area contributed by atoms with Crippen molar-refractivity contribution in [1.29, 1.82) is 5.26 Å². The predicted molar refractivity (Wildman–Crippen MR) is 158 cm³/mol. The van der Waals surface area contributed by atoms with Gasteiger partial charge in [-0.25, -0.2) is 9.37 Å². The summed E-state index contributed by atoms with van der Waals surface area (Å²) in [6.45, 7) is 12.9. The summed E-state index contributed by atoms with van der Waals surface area (Å²) in [5.74, 6) is -0.907. The van der Waals surface area contributed by atoms with Crippen molar-refractivity contribution in [2.45, 2.75) is 39.7 Å². The Bertz CT molecular complexity index is 1570. The van der Waals surface area contributed by atoms with Crippen LogP contribution in [0.1, 0.15) is 54.6 Å². The van der Waals surface area contributed by atoms with Gasteiger partial charge in [0.2, 0.25) is 0 Å².